The molecule has 0 unspecified atom stereocenters. The van der Waals surface area contributed by atoms with E-state index in [2.05, 4.69) is 38.0 Å². The number of rotatable bonds is 6. The second-order valence-corrected chi connectivity index (χ2v) is 12.5. The Bertz CT molecular complexity index is 1530. The van der Waals surface area contributed by atoms with E-state index >= 15 is 0 Å². The van der Waals surface area contributed by atoms with Gasteiger partial charge in [0.15, 0.2) is 0 Å². The van der Waals surface area contributed by atoms with Crippen molar-refractivity contribution in [2.24, 2.45) is 5.92 Å². The zero-order valence-corrected chi connectivity index (χ0v) is 25.4. The van der Waals surface area contributed by atoms with Gasteiger partial charge in [-0.25, -0.2) is 9.97 Å². The van der Waals surface area contributed by atoms with Gasteiger partial charge in [-0.2, -0.15) is 0 Å². The molecule has 4 N–H and O–H groups in total. The number of hydrogen-bond donors (Lipinski definition) is 3. The van der Waals surface area contributed by atoms with Gasteiger partial charge in [-0.1, -0.05) is 32.0 Å². The molecule has 2 aromatic carbocycles. The number of fused-ring (bicyclic) bond motifs is 1. The van der Waals surface area contributed by atoms with Crippen LogP contribution in [0.15, 0.2) is 42.7 Å². The van der Waals surface area contributed by atoms with Crippen LogP contribution in [0.4, 0.5) is 11.6 Å². The third-order valence-electron chi connectivity index (χ3n) is 9.15. The van der Waals surface area contributed by atoms with E-state index in [9.17, 15) is 19.8 Å². The fraction of sp³-hybridized carbons (Fsp3) is 0.455. The quantitative estimate of drug-likeness (QED) is 0.389. The smallest absolute Gasteiger partial charge is 0.258 e. The number of nitrogens with zero attached hydrogens (tertiary/aromatic N) is 6. The van der Waals surface area contributed by atoms with Crippen LogP contribution in [-0.2, 0) is 24.4 Å². The number of carbonyl (C=O) groups is 2. The van der Waals surface area contributed by atoms with Crippen LogP contribution in [-0.4, -0.2) is 86.0 Å². The molecule has 0 radical (unpaired) electrons. The number of piperazine rings is 1. The maximum Gasteiger partial charge on any atom is 0.258 e. The molecule has 11 heteroatoms. The van der Waals surface area contributed by atoms with Gasteiger partial charge in [0.25, 0.3) is 5.91 Å². The van der Waals surface area contributed by atoms with E-state index in [1.807, 2.05) is 18.7 Å². The van der Waals surface area contributed by atoms with Crippen LogP contribution in [0.3, 0.4) is 0 Å². The first-order chi connectivity index (χ1) is 21.2. The van der Waals surface area contributed by atoms with Crippen LogP contribution in [0.1, 0.15) is 65.2 Å². The van der Waals surface area contributed by atoms with Crippen LogP contribution < -0.4 is 10.6 Å². The second-order valence-electron chi connectivity index (χ2n) is 12.5. The molecule has 0 bridgehead atoms. The summed E-state index contributed by atoms with van der Waals surface area (Å²) in [7, 11) is 0. The zero-order chi connectivity index (χ0) is 31.0. The van der Waals surface area contributed by atoms with Crippen molar-refractivity contribution in [1.29, 1.82) is 0 Å². The number of benzene rings is 2. The van der Waals surface area contributed by atoms with Gasteiger partial charge in [-0.05, 0) is 47.1 Å². The summed E-state index contributed by atoms with van der Waals surface area (Å²) in [6.45, 7) is 10.2. The molecule has 0 saturated carbocycles. The van der Waals surface area contributed by atoms with Gasteiger partial charge >= 0.3 is 0 Å². The normalized spacial score (nSPS) is 17.8. The lowest BCUT2D eigenvalue weighted by molar-refractivity contribution is -0.138. The Balaban J connectivity index is 0.996. The lowest BCUT2D eigenvalue weighted by Crippen LogP contribution is -2.51. The number of nitrogen functional groups attached to an aromatic ring is 1. The molecule has 3 aliphatic heterocycles. The number of carbonyl (C=O) groups excluding carboxylic acids is 2. The highest BCUT2D eigenvalue weighted by Crippen LogP contribution is 2.34. The van der Waals surface area contributed by atoms with Crippen molar-refractivity contribution < 1.29 is 19.8 Å². The van der Waals surface area contributed by atoms with Crippen LogP contribution in [0.25, 0.3) is 0 Å². The first-order valence-corrected chi connectivity index (χ1v) is 15.5. The summed E-state index contributed by atoms with van der Waals surface area (Å²) in [5.41, 5.74) is 10.5. The second kappa shape index (κ2) is 12.3. The molecule has 44 heavy (non-hydrogen) atoms. The highest BCUT2D eigenvalue weighted by molar-refractivity contribution is 5.97. The van der Waals surface area contributed by atoms with E-state index in [0.29, 0.717) is 30.3 Å². The molecular weight excluding hydrogens is 558 g/mol. The molecular formula is C33H41N7O4. The Morgan fingerprint density at radius 3 is 2.25 bits per heavy atom. The number of aromatic nitrogens is 2. The summed E-state index contributed by atoms with van der Waals surface area (Å²) in [5.74, 6) is 0.535. The number of hydrogen-bond acceptors (Lipinski definition) is 9. The monoisotopic (exact) mass is 599 g/mol. The molecule has 4 heterocycles. The number of piperidine rings is 1. The van der Waals surface area contributed by atoms with E-state index in [1.165, 1.54) is 11.6 Å². The third kappa shape index (κ3) is 6.14. The van der Waals surface area contributed by atoms with Crippen molar-refractivity contribution in [3.63, 3.8) is 0 Å². The molecule has 6 rings (SSSR count). The minimum Gasteiger partial charge on any atom is -0.508 e. The number of nitrogens with two attached hydrogens (primary N) is 1. The predicted molar refractivity (Wildman–Crippen MR) is 167 cm³/mol. The van der Waals surface area contributed by atoms with E-state index in [4.69, 9.17) is 5.73 Å². The summed E-state index contributed by atoms with van der Waals surface area (Å²) in [5, 5.41) is 20.6. The zero-order valence-electron chi connectivity index (χ0n) is 25.4. The lowest BCUT2D eigenvalue weighted by atomic mass is 9.95. The molecule has 11 nitrogen and oxygen atoms in total. The summed E-state index contributed by atoms with van der Waals surface area (Å²) >= 11 is 0. The highest BCUT2D eigenvalue weighted by Gasteiger charge is 2.32. The Morgan fingerprint density at radius 1 is 0.886 bits per heavy atom. The maximum atomic E-state index is 13.3. The van der Waals surface area contributed by atoms with Crippen molar-refractivity contribution in [3.8, 4) is 11.5 Å². The van der Waals surface area contributed by atoms with Gasteiger partial charge in [-0.3, -0.25) is 14.5 Å². The Labute approximate surface area is 257 Å². The van der Waals surface area contributed by atoms with E-state index < -0.39 is 0 Å². The van der Waals surface area contributed by atoms with Crippen molar-refractivity contribution in [2.75, 3.05) is 49.9 Å². The van der Waals surface area contributed by atoms with Crippen molar-refractivity contribution in [2.45, 2.75) is 52.2 Å². The minimum atomic E-state index is -0.243. The topological polar surface area (TPSA) is 139 Å². The van der Waals surface area contributed by atoms with E-state index in [1.54, 1.807) is 23.4 Å². The molecule has 3 aliphatic rings. The maximum absolute atomic E-state index is 13.3. The highest BCUT2D eigenvalue weighted by atomic mass is 16.3. The van der Waals surface area contributed by atoms with Gasteiger partial charge in [0.2, 0.25) is 11.9 Å². The number of anilines is 2. The van der Waals surface area contributed by atoms with Crippen LogP contribution in [0.5, 0.6) is 11.5 Å². The molecule has 232 valence electrons. The van der Waals surface area contributed by atoms with Crippen molar-refractivity contribution in [1.82, 2.24) is 24.7 Å². The number of phenolic OH excluding ortho intramolecular Hbond substituents is 2. The van der Waals surface area contributed by atoms with Gasteiger partial charge in [0, 0.05) is 70.9 Å². The fourth-order valence-electron chi connectivity index (χ4n) is 6.55. The molecule has 2 saturated heterocycles. The standard InChI is InChI=1S/C33H41N7O4/c1-21(2)27-14-28(30(42)15-29(27)41)32(44)40-19-24-4-3-22(13-25(24)20-40)18-37-9-11-38(12-10-37)31(43)23-5-7-39(8-6-23)33-35-16-26(34)17-36-33/h3-4,13-17,21,23,41-42H,5-12,18-20,34H2,1-2H3. The van der Waals surface area contributed by atoms with Gasteiger partial charge < -0.3 is 30.6 Å². The average Bonchev–Trinajstić information content (AvgIpc) is 3.45. The van der Waals surface area contributed by atoms with Crippen LogP contribution in [0, 0.1) is 5.92 Å². The molecule has 2 amide bonds. The first kappa shape index (κ1) is 29.7. The summed E-state index contributed by atoms with van der Waals surface area (Å²) in [6, 6.07) is 9.26. The third-order valence-corrected chi connectivity index (χ3v) is 9.15. The molecule has 0 spiro atoms. The minimum absolute atomic E-state index is 0.0000997. The van der Waals surface area contributed by atoms with Crippen molar-refractivity contribution in [3.05, 3.63) is 70.5 Å². The van der Waals surface area contributed by atoms with E-state index in [-0.39, 0.29) is 40.7 Å². The van der Waals surface area contributed by atoms with Gasteiger partial charge in [0.1, 0.15) is 11.5 Å². The number of phenols is 2. The Kier molecular flexibility index (Phi) is 8.31. The Hall–Kier alpha value is -4.38. The predicted octanol–water partition coefficient (Wildman–Crippen LogP) is 3.31. The summed E-state index contributed by atoms with van der Waals surface area (Å²) < 4.78 is 0. The van der Waals surface area contributed by atoms with Gasteiger partial charge in [0.05, 0.1) is 23.6 Å². The van der Waals surface area contributed by atoms with Gasteiger partial charge in [-0.15, -0.1) is 0 Å². The molecule has 0 aliphatic carbocycles. The summed E-state index contributed by atoms with van der Waals surface area (Å²) in [4.78, 5) is 43.5. The average molecular weight is 600 g/mol. The summed E-state index contributed by atoms with van der Waals surface area (Å²) in [6.07, 6.45) is 4.83. The number of amides is 2. The first-order valence-electron chi connectivity index (χ1n) is 15.5. The number of aromatic hydroxyl groups is 2. The van der Waals surface area contributed by atoms with Crippen LogP contribution >= 0.6 is 0 Å². The molecule has 1 aromatic heterocycles. The van der Waals surface area contributed by atoms with Crippen molar-refractivity contribution >= 4 is 23.5 Å². The molecule has 0 atom stereocenters. The van der Waals surface area contributed by atoms with E-state index in [0.717, 1.165) is 69.8 Å². The largest absolute Gasteiger partial charge is 0.508 e. The van der Waals surface area contributed by atoms with Crippen LogP contribution in [0.2, 0.25) is 0 Å². The fourth-order valence-corrected chi connectivity index (χ4v) is 6.55. The molecule has 2 fully saturated rings. The Morgan fingerprint density at radius 2 is 1.57 bits per heavy atom. The molecule has 3 aromatic rings. The SMILES string of the molecule is CC(C)c1cc(C(=O)N2Cc3ccc(CN4CCN(C(=O)C5CCN(c6ncc(N)cn6)CC5)CC4)cc3C2)c(O)cc1O. The lowest BCUT2D eigenvalue weighted by Gasteiger charge is -2.38.